The molecule has 1 aliphatic heterocycles. The van der Waals surface area contributed by atoms with E-state index in [1.165, 1.54) is 56.3 Å². The predicted octanol–water partition coefficient (Wildman–Crippen LogP) is 9.60. The van der Waals surface area contributed by atoms with Gasteiger partial charge in [-0.15, -0.1) is 28.7 Å². The van der Waals surface area contributed by atoms with E-state index >= 15 is 0 Å². The van der Waals surface area contributed by atoms with Gasteiger partial charge in [0.2, 0.25) is 0 Å². The average molecular weight is 640 g/mol. The number of nitrogens with zero attached hydrogens (tertiary/aromatic N) is 1. The summed E-state index contributed by atoms with van der Waals surface area (Å²) < 4.78 is 11.8. The number of hydrogen-bond donors (Lipinski definition) is 1. The van der Waals surface area contributed by atoms with E-state index in [9.17, 15) is 4.79 Å². The minimum absolute atomic E-state index is 0. The average Bonchev–Trinajstić information content (AvgIpc) is 3.31. The van der Waals surface area contributed by atoms with E-state index in [-0.39, 0.29) is 29.5 Å². The molecule has 216 valence electrons. The third-order valence-electron chi connectivity index (χ3n) is 6.45. The van der Waals surface area contributed by atoms with Crippen LogP contribution in [0.3, 0.4) is 0 Å². The quantitative estimate of drug-likeness (QED) is 0.165. The molecule has 0 bridgehead atoms. The van der Waals surface area contributed by atoms with Gasteiger partial charge in [0.15, 0.2) is 18.1 Å². The van der Waals surface area contributed by atoms with Gasteiger partial charge in [-0.1, -0.05) is 94.5 Å². The third-order valence-corrected chi connectivity index (χ3v) is 7.77. The minimum Gasteiger partial charge on any atom is -0.488 e. The second-order valence-corrected chi connectivity index (χ2v) is 11.5. The minimum atomic E-state index is -0.227. The second kappa shape index (κ2) is 19.3. The molecule has 0 fully saturated rings. The highest BCUT2D eigenvalue weighted by atomic mass is 79.9. The molecule has 0 saturated carbocycles. The van der Waals surface area contributed by atoms with Crippen molar-refractivity contribution in [1.82, 2.24) is 4.90 Å². The zero-order valence-electron chi connectivity index (χ0n) is 23.4. The van der Waals surface area contributed by atoms with Crippen LogP contribution in [0.1, 0.15) is 83.6 Å². The Morgan fingerprint density at radius 1 is 0.974 bits per heavy atom. The smallest absolute Gasteiger partial charge is 0.262 e. The Morgan fingerprint density at radius 3 is 2.36 bits per heavy atom. The number of para-hydroxylation sites is 1. The number of amides is 1. The fourth-order valence-electron chi connectivity index (χ4n) is 4.44. The van der Waals surface area contributed by atoms with Crippen LogP contribution in [-0.2, 0) is 11.3 Å². The molecule has 8 heteroatoms. The molecule has 0 saturated heterocycles. The summed E-state index contributed by atoms with van der Waals surface area (Å²) in [7, 11) is 0. The Hall–Kier alpha value is -1.83. The van der Waals surface area contributed by atoms with Crippen LogP contribution in [0.5, 0.6) is 11.5 Å². The van der Waals surface area contributed by atoms with E-state index in [0.717, 1.165) is 36.5 Å². The summed E-state index contributed by atoms with van der Waals surface area (Å²) in [6, 6.07) is 13.3. The van der Waals surface area contributed by atoms with E-state index in [0.29, 0.717) is 23.1 Å². The fraction of sp³-hybridized carbons (Fsp3) is 0.516. The summed E-state index contributed by atoms with van der Waals surface area (Å²) in [6.07, 6.45) is 14.9. The lowest BCUT2D eigenvalue weighted by atomic mass is 10.1. The SMILES string of the molecule is Br.CCCCCCCCCCCCOc1c(Cl)cccc1OCC(=O)Nc1cccc(CN2C=C(C)SC2)c1. The summed E-state index contributed by atoms with van der Waals surface area (Å²) in [4.78, 5) is 16.2. The first kappa shape index (κ1) is 33.4. The van der Waals surface area contributed by atoms with Gasteiger partial charge in [-0.2, -0.15) is 0 Å². The highest BCUT2D eigenvalue weighted by Crippen LogP contribution is 2.35. The van der Waals surface area contributed by atoms with Gasteiger partial charge in [0, 0.05) is 18.4 Å². The number of anilines is 1. The van der Waals surface area contributed by atoms with Gasteiger partial charge in [-0.3, -0.25) is 4.79 Å². The number of hydrogen-bond acceptors (Lipinski definition) is 5. The van der Waals surface area contributed by atoms with Crippen LogP contribution in [0.2, 0.25) is 5.02 Å². The Labute approximate surface area is 254 Å². The normalized spacial score (nSPS) is 12.6. The molecule has 0 spiro atoms. The Kier molecular flexibility index (Phi) is 16.5. The van der Waals surface area contributed by atoms with Crippen molar-refractivity contribution in [3.63, 3.8) is 0 Å². The molecule has 3 rings (SSSR count). The number of rotatable bonds is 18. The summed E-state index contributed by atoms with van der Waals surface area (Å²) in [5.74, 6) is 1.73. The standard InChI is InChI=1S/C31H43ClN2O3S.BrH/c1-3-4-5-6-7-8-9-10-11-12-19-36-31-28(32)17-14-18-29(31)37-23-30(35)33-27-16-13-15-26(20-27)22-34-21-25(2)38-24-34;/h13-18,20-21H,3-12,19,22-24H2,1-2H3,(H,33,35);1H. The molecule has 2 aromatic rings. The van der Waals surface area contributed by atoms with Crippen LogP contribution in [0.25, 0.3) is 0 Å². The summed E-state index contributed by atoms with van der Waals surface area (Å²) in [6.45, 7) is 5.65. The number of ether oxygens (including phenoxy) is 2. The molecule has 1 aliphatic rings. The topological polar surface area (TPSA) is 50.8 Å². The van der Waals surface area contributed by atoms with Crippen molar-refractivity contribution in [2.24, 2.45) is 0 Å². The monoisotopic (exact) mass is 638 g/mol. The van der Waals surface area contributed by atoms with Gasteiger partial charge < -0.3 is 19.7 Å². The number of benzene rings is 2. The van der Waals surface area contributed by atoms with Gasteiger partial charge in [0.05, 0.1) is 17.5 Å². The van der Waals surface area contributed by atoms with Gasteiger partial charge >= 0.3 is 0 Å². The largest absolute Gasteiger partial charge is 0.488 e. The first-order chi connectivity index (χ1) is 18.5. The molecule has 0 atom stereocenters. The van der Waals surface area contributed by atoms with Crippen molar-refractivity contribution in [3.8, 4) is 11.5 Å². The lowest BCUT2D eigenvalue weighted by Gasteiger charge is -2.16. The van der Waals surface area contributed by atoms with Crippen LogP contribution in [-0.4, -0.2) is 29.9 Å². The zero-order valence-corrected chi connectivity index (χ0v) is 26.7. The first-order valence-electron chi connectivity index (χ1n) is 14.0. The zero-order chi connectivity index (χ0) is 27.0. The van der Waals surface area contributed by atoms with E-state index < -0.39 is 0 Å². The molecule has 0 aromatic heterocycles. The maximum atomic E-state index is 12.6. The lowest BCUT2D eigenvalue weighted by molar-refractivity contribution is -0.118. The molecule has 1 heterocycles. The molecule has 2 aromatic carbocycles. The molecule has 0 aliphatic carbocycles. The Balaban J connectivity index is 0.00000533. The third kappa shape index (κ3) is 12.9. The van der Waals surface area contributed by atoms with Crippen LogP contribution in [0.15, 0.2) is 53.6 Å². The fourth-order valence-corrected chi connectivity index (χ4v) is 5.42. The Morgan fingerprint density at radius 2 is 1.67 bits per heavy atom. The van der Waals surface area contributed by atoms with E-state index in [1.807, 2.05) is 30.0 Å². The lowest BCUT2D eigenvalue weighted by Crippen LogP contribution is -2.20. The molecule has 1 amide bonds. The second-order valence-electron chi connectivity index (χ2n) is 9.89. The van der Waals surface area contributed by atoms with Crippen molar-refractivity contribution in [1.29, 1.82) is 0 Å². The van der Waals surface area contributed by atoms with Gasteiger partial charge in [0.1, 0.15) is 0 Å². The summed E-state index contributed by atoms with van der Waals surface area (Å²) in [5, 5.41) is 3.43. The molecule has 1 N–H and O–H groups in total. The highest BCUT2D eigenvalue weighted by molar-refractivity contribution is 8.93. The van der Waals surface area contributed by atoms with E-state index in [1.54, 1.807) is 18.2 Å². The maximum Gasteiger partial charge on any atom is 0.262 e. The van der Waals surface area contributed by atoms with Crippen molar-refractivity contribution in [2.75, 3.05) is 24.4 Å². The maximum absolute atomic E-state index is 12.6. The highest BCUT2D eigenvalue weighted by Gasteiger charge is 2.13. The number of unbranched alkanes of at least 4 members (excludes halogenated alkanes) is 9. The number of carbonyl (C=O) groups excluding carboxylic acids is 1. The molecule has 39 heavy (non-hydrogen) atoms. The number of thioether (sulfide) groups is 1. The van der Waals surface area contributed by atoms with Gasteiger partial charge in [-0.25, -0.2) is 0 Å². The molecule has 5 nitrogen and oxygen atoms in total. The van der Waals surface area contributed by atoms with Gasteiger partial charge in [0.25, 0.3) is 5.91 Å². The first-order valence-corrected chi connectivity index (χ1v) is 15.4. The van der Waals surface area contributed by atoms with Crippen LogP contribution in [0.4, 0.5) is 5.69 Å². The molecular weight excluding hydrogens is 596 g/mol. The number of halogens is 2. The van der Waals surface area contributed by atoms with Crippen molar-refractivity contribution in [3.05, 3.63) is 64.2 Å². The summed E-state index contributed by atoms with van der Waals surface area (Å²) in [5.41, 5.74) is 1.90. The molecule has 0 unspecified atom stereocenters. The Bertz CT molecular complexity index is 1040. The van der Waals surface area contributed by atoms with Crippen LogP contribution >= 0.6 is 40.3 Å². The van der Waals surface area contributed by atoms with Crippen molar-refractivity contribution < 1.29 is 14.3 Å². The van der Waals surface area contributed by atoms with Crippen LogP contribution < -0.4 is 14.8 Å². The number of allylic oxidation sites excluding steroid dienone is 1. The summed E-state index contributed by atoms with van der Waals surface area (Å²) >= 11 is 8.23. The van der Waals surface area contributed by atoms with E-state index in [2.05, 4.69) is 36.3 Å². The molecular formula is C31H44BrClN2O3S. The number of nitrogens with one attached hydrogen (secondary N) is 1. The van der Waals surface area contributed by atoms with Gasteiger partial charge in [-0.05, 0) is 48.1 Å². The predicted molar refractivity (Wildman–Crippen MR) is 171 cm³/mol. The van der Waals surface area contributed by atoms with Crippen LogP contribution in [0, 0.1) is 0 Å². The van der Waals surface area contributed by atoms with Crippen molar-refractivity contribution in [2.45, 2.75) is 84.6 Å². The van der Waals surface area contributed by atoms with Crippen molar-refractivity contribution >= 4 is 51.9 Å². The number of carbonyl (C=O) groups is 1. The molecule has 0 radical (unpaired) electrons. The van der Waals surface area contributed by atoms with E-state index in [4.69, 9.17) is 21.1 Å².